The van der Waals surface area contributed by atoms with Crippen LogP contribution in [0.1, 0.15) is 23.1 Å². The highest BCUT2D eigenvalue weighted by Gasteiger charge is 2.28. The first-order chi connectivity index (χ1) is 8.84. The van der Waals surface area contributed by atoms with Crippen molar-refractivity contribution in [3.8, 4) is 0 Å². The number of aromatic nitrogens is 1. The van der Waals surface area contributed by atoms with Crippen molar-refractivity contribution < 1.29 is 0 Å². The maximum Gasteiger partial charge on any atom is 0.104 e. The van der Waals surface area contributed by atoms with E-state index in [0.29, 0.717) is 0 Å². The number of nitrogens with zero attached hydrogens (tertiary/aromatic N) is 3. The highest BCUT2D eigenvalue weighted by Crippen LogP contribution is 2.38. The van der Waals surface area contributed by atoms with E-state index in [1.54, 1.807) is 6.20 Å². The SMILES string of the molecule is Clc1ccc(C2N=NCC2c2cccnc2)cc1. The molecule has 2 atom stereocenters. The normalized spacial score (nSPS) is 22.3. The minimum absolute atomic E-state index is 0.0754. The minimum atomic E-state index is 0.0754. The quantitative estimate of drug-likeness (QED) is 0.800. The van der Waals surface area contributed by atoms with Crippen LogP contribution in [0, 0.1) is 0 Å². The van der Waals surface area contributed by atoms with E-state index in [1.807, 2.05) is 36.5 Å². The van der Waals surface area contributed by atoms with Crippen molar-refractivity contribution in [1.82, 2.24) is 4.98 Å². The summed E-state index contributed by atoms with van der Waals surface area (Å²) >= 11 is 5.91. The van der Waals surface area contributed by atoms with E-state index < -0.39 is 0 Å². The monoisotopic (exact) mass is 257 g/mol. The topological polar surface area (TPSA) is 37.6 Å². The Morgan fingerprint density at radius 2 is 1.89 bits per heavy atom. The van der Waals surface area contributed by atoms with Crippen LogP contribution in [0.5, 0.6) is 0 Å². The van der Waals surface area contributed by atoms with Gasteiger partial charge in [-0.15, -0.1) is 0 Å². The van der Waals surface area contributed by atoms with E-state index in [4.69, 9.17) is 11.6 Å². The Morgan fingerprint density at radius 1 is 1.06 bits per heavy atom. The summed E-state index contributed by atoms with van der Waals surface area (Å²) in [5, 5.41) is 9.28. The third kappa shape index (κ3) is 2.14. The second-order valence-corrected chi connectivity index (χ2v) is 4.77. The summed E-state index contributed by atoms with van der Waals surface area (Å²) in [4.78, 5) is 4.17. The Balaban J connectivity index is 1.91. The third-order valence-electron chi connectivity index (χ3n) is 3.19. The molecule has 0 radical (unpaired) electrons. The average molecular weight is 258 g/mol. The summed E-state index contributed by atoms with van der Waals surface area (Å²) in [5.74, 6) is 0.278. The van der Waals surface area contributed by atoms with Crippen molar-refractivity contribution in [2.24, 2.45) is 10.2 Å². The Bertz CT molecular complexity index is 551. The molecular formula is C14H12ClN3. The standard InChI is InChI=1S/C14H12ClN3/c15-12-5-3-10(4-6-12)14-13(9-17-18-14)11-2-1-7-16-8-11/h1-8,13-14H,9H2. The first kappa shape index (κ1) is 11.4. The van der Waals surface area contributed by atoms with Gasteiger partial charge in [-0.3, -0.25) is 4.98 Å². The van der Waals surface area contributed by atoms with Crippen molar-refractivity contribution in [3.05, 3.63) is 64.9 Å². The molecule has 1 aromatic heterocycles. The first-order valence-corrected chi connectivity index (χ1v) is 6.24. The van der Waals surface area contributed by atoms with Gasteiger partial charge in [-0.05, 0) is 29.3 Å². The smallest absolute Gasteiger partial charge is 0.104 e. The van der Waals surface area contributed by atoms with Crippen LogP contribution in [0.2, 0.25) is 5.02 Å². The molecule has 3 rings (SSSR count). The Kier molecular flexibility index (Phi) is 3.07. The van der Waals surface area contributed by atoms with Gasteiger partial charge in [-0.25, -0.2) is 0 Å². The number of hydrogen-bond donors (Lipinski definition) is 0. The molecule has 0 saturated heterocycles. The molecule has 3 nitrogen and oxygen atoms in total. The van der Waals surface area contributed by atoms with Crippen LogP contribution in [0.15, 0.2) is 59.0 Å². The number of halogens is 1. The van der Waals surface area contributed by atoms with E-state index in [-0.39, 0.29) is 12.0 Å². The lowest BCUT2D eigenvalue weighted by Crippen LogP contribution is -2.08. The molecule has 2 aromatic rings. The summed E-state index contributed by atoms with van der Waals surface area (Å²) in [6.45, 7) is 0.721. The second kappa shape index (κ2) is 4.86. The number of azo groups is 1. The molecule has 0 amide bonds. The first-order valence-electron chi connectivity index (χ1n) is 5.86. The lowest BCUT2D eigenvalue weighted by atomic mass is 9.89. The summed E-state index contributed by atoms with van der Waals surface area (Å²) in [6.07, 6.45) is 3.67. The molecular weight excluding hydrogens is 246 g/mol. The van der Waals surface area contributed by atoms with Crippen LogP contribution in [0.25, 0.3) is 0 Å². The average Bonchev–Trinajstić information content (AvgIpc) is 2.90. The zero-order chi connectivity index (χ0) is 12.4. The summed E-state index contributed by atoms with van der Waals surface area (Å²) in [5.41, 5.74) is 2.33. The van der Waals surface area contributed by atoms with Crippen LogP contribution >= 0.6 is 11.6 Å². The van der Waals surface area contributed by atoms with Crippen LogP contribution in [0.4, 0.5) is 0 Å². The molecule has 1 aliphatic rings. The summed E-state index contributed by atoms with van der Waals surface area (Å²) in [7, 11) is 0. The van der Waals surface area contributed by atoms with Gasteiger partial charge >= 0.3 is 0 Å². The Morgan fingerprint density at radius 3 is 2.61 bits per heavy atom. The minimum Gasteiger partial charge on any atom is -0.264 e. The molecule has 2 unspecified atom stereocenters. The van der Waals surface area contributed by atoms with Gasteiger partial charge in [0.1, 0.15) is 6.04 Å². The largest absolute Gasteiger partial charge is 0.264 e. The predicted molar refractivity (Wildman–Crippen MR) is 70.9 cm³/mol. The molecule has 0 N–H and O–H groups in total. The van der Waals surface area contributed by atoms with Crippen molar-refractivity contribution in [2.45, 2.75) is 12.0 Å². The van der Waals surface area contributed by atoms with E-state index in [1.165, 1.54) is 5.56 Å². The Labute approximate surface area is 111 Å². The van der Waals surface area contributed by atoms with Gasteiger partial charge in [-0.2, -0.15) is 10.2 Å². The van der Waals surface area contributed by atoms with Crippen molar-refractivity contribution in [3.63, 3.8) is 0 Å². The predicted octanol–water partition coefficient (Wildman–Crippen LogP) is 4.03. The van der Waals surface area contributed by atoms with Gasteiger partial charge in [0.25, 0.3) is 0 Å². The van der Waals surface area contributed by atoms with E-state index in [9.17, 15) is 0 Å². The molecule has 90 valence electrons. The van der Waals surface area contributed by atoms with Gasteiger partial charge in [0, 0.05) is 23.3 Å². The number of benzene rings is 1. The molecule has 0 aliphatic carbocycles. The molecule has 0 fully saturated rings. The third-order valence-corrected chi connectivity index (χ3v) is 3.44. The van der Waals surface area contributed by atoms with Gasteiger partial charge in [-0.1, -0.05) is 29.8 Å². The number of rotatable bonds is 2. The fraction of sp³-hybridized carbons (Fsp3) is 0.214. The molecule has 18 heavy (non-hydrogen) atoms. The van der Waals surface area contributed by atoms with Crippen molar-refractivity contribution >= 4 is 11.6 Å². The van der Waals surface area contributed by atoms with Crippen molar-refractivity contribution in [2.75, 3.05) is 6.54 Å². The highest BCUT2D eigenvalue weighted by molar-refractivity contribution is 6.30. The molecule has 1 aromatic carbocycles. The molecule has 0 saturated carbocycles. The second-order valence-electron chi connectivity index (χ2n) is 4.33. The fourth-order valence-corrected chi connectivity index (χ4v) is 2.37. The molecule has 0 bridgehead atoms. The number of pyridine rings is 1. The summed E-state index contributed by atoms with van der Waals surface area (Å²) < 4.78 is 0. The molecule has 0 spiro atoms. The Hall–Kier alpha value is -1.74. The molecule has 2 heterocycles. The number of hydrogen-bond acceptors (Lipinski definition) is 3. The summed E-state index contributed by atoms with van der Waals surface area (Å²) in [6, 6.07) is 11.9. The zero-order valence-electron chi connectivity index (χ0n) is 9.70. The van der Waals surface area contributed by atoms with Crippen LogP contribution in [-0.2, 0) is 0 Å². The van der Waals surface area contributed by atoms with E-state index in [0.717, 1.165) is 17.1 Å². The van der Waals surface area contributed by atoms with Gasteiger partial charge in [0.15, 0.2) is 0 Å². The zero-order valence-corrected chi connectivity index (χ0v) is 10.5. The van der Waals surface area contributed by atoms with Gasteiger partial charge < -0.3 is 0 Å². The maximum atomic E-state index is 5.91. The van der Waals surface area contributed by atoms with Gasteiger partial charge in [0.2, 0.25) is 0 Å². The van der Waals surface area contributed by atoms with E-state index >= 15 is 0 Å². The lowest BCUT2D eigenvalue weighted by Gasteiger charge is -2.16. The van der Waals surface area contributed by atoms with Crippen LogP contribution in [0.3, 0.4) is 0 Å². The maximum absolute atomic E-state index is 5.91. The van der Waals surface area contributed by atoms with Crippen LogP contribution < -0.4 is 0 Å². The molecule has 4 heteroatoms. The molecule has 1 aliphatic heterocycles. The highest BCUT2D eigenvalue weighted by atomic mass is 35.5. The fourth-order valence-electron chi connectivity index (χ4n) is 2.25. The van der Waals surface area contributed by atoms with Crippen molar-refractivity contribution in [1.29, 1.82) is 0 Å². The lowest BCUT2D eigenvalue weighted by molar-refractivity contribution is 0.633. The van der Waals surface area contributed by atoms with E-state index in [2.05, 4.69) is 21.3 Å². The van der Waals surface area contributed by atoms with Gasteiger partial charge in [0.05, 0.1) is 6.54 Å². The van der Waals surface area contributed by atoms with Crippen LogP contribution in [-0.4, -0.2) is 11.5 Å².